The number of esters is 1. The molecule has 0 heterocycles. The zero-order valence-corrected chi connectivity index (χ0v) is 11.8. The van der Waals surface area contributed by atoms with Crippen LogP contribution in [0.2, 0.25) is 0 Å². The lowest BCUT2D eigenvalue weighted by atomic mass is 9.76. The molecule has 0 spiro atoms. The highest BCUT2D eigenvalue weighted by Crippen LogP contribution is 2.36. The third-order valence-corrected chi connectivity index (χ3v) is 4.47. The quantitative estimate of drug-likeness (QED) is 0.783. The van der Waals surface area contributed by atoms with E-state index < -0.39 is 0 Å². The smallest absolute Gasteiger partial charge is 0.320 e. The van der Waals surface area contributed by atoms with Crippen molar-refractivity contribution in [2.24, 2.45) is 5.41 Å². The number of hydrogen-bond donors (Lipinski definition) is 1. The summed E-state index contributed by atoms with van der Waals surface area (Å²) in [6, 6.07) is 0.544. The Hall–Kier alpha value is -0.570. The van der Waals surface area contributed by atoms with Crippen LogP contribution in [0, 0.1) is 5.41 Å². The third kappa shape index (κ3) is 4.27. The minimum absolute atomic E-state index is 0.0633. The van der Waals surface area contributed by atoms with E-state index in [-0.39, 0.29) is 12.1 Å². The summed E-state index contributed by atoms with van der Waals surface area (Å²) in [6.07, 6.45) is 9.58. The highest BCUT2D eigenvalue weighted by molar-refractivity contribution is 5.71. The normalized spacial score (nSPS) is 25.2. The molecule has 0 bridgehead atoms. The molecule has 3 heteroatoms. The molecule has 18 heavy (non-hydrogen) atoms. The van der Waals surface area contributed by atoms with Crippen molar-refractivity contribution in [1.82, 2.24) is 5.32 Å². The molecule has 2 aliphatic carbocycles. The van der Waals surface area contributed by atoms with E-state index >= 15 is 0 Å². The minimum atomic E-state index is -0.0633. The van der Waals surface area contributed by atoms with Crippen molar-refractivity contribution in [1.29, 1.82) is 0 Å². The average molecular weight is 253 g/mol. The summed E-state index contributed by atoms with van der Waals surface area (Å²) in [7, 11) is 0. The van der Waals surface area contributed by atoms with E-state index in [9.17, 15) is 4.79 Å². The van der Waals surface area contributed by atoms with Crippen LogP contribution in [0.5, 0.6) is 0 Å². The summed E-state index contributed by atoms with van der Waals surface area (Å²) in [5.74, 6) is -0.0633. The van der Waals surface area contributed by atoms with Crippen molar-refractivity contribution < 1.29 is 9.53 Å². The molecular weight excluding hydrogens is 226 g/mol. The van der Waals surface area contributed by atoms with E-state index in [2.05, 4.69) is 19.2 Å². The van der Waals surface area contributed by atoms with Crippen LogP contribution in [-0.4, -0.2) is 24.7 Å². The first-order chi connectivity index (χ1) is 8.55. The predicted octanol–water partition coefficient (Wildman–Crippen LogP) is 3.03. The maximum Gasteiger partial charge on any atom is 0.320 e. The van der Waals surface area contributed by atoms with Gasteiger partial charge in [0.2, 0.25) is 0 Å². The average Bonchev–Trinajstić information content (AvgIpc) is 2.82. The standard InChI is InChI=1S/C15H27NO2/c1-15(2)9-7-13(8-10-15)18-14(17)11-16-12-5-3-4-6-12/h12-13,16H,3-11H2,1-2H3. The second-order valence-corrected chi connectivity index (χ2v) is 6.72. The Morgan fingerprint density at radius 3 is 2.39 bits per heavy atom. The van der Waals surface area contributed by atoms with Gasteiger partial charge in [-0.15, -0.1) is 0 Å². The molecule has 0 unspecified atom stereocenters. The van der Waals surface area contributed by atoms with Gasteiger partial charge in [-0.2, -0.15) is 0 Å². The van der Waals surface area contributed by atoms with E-state index in [0.29, 0.717) is 18.0 Å². The molecule has 2 saturated carbocycles. The maximum atomic E-state index is 11.7. The van der Waals surface area contributed by atoms with Crippen LogP contribution in [0.4, 0.5) is 0 Å². The molecule has 0 amide bonds. The van der Waals surface area contributed by atoms with Crippen LogP contribution in [-0.2, 0) is 9.53 Å². The Kier molecular flexibility index (Phi) is 4.66. The first kappa shape index (κ1) is 13.9. The molecule has 0 saturated heterocycles. The predicted molar refractivity (Wildman–Crippen MR) is 72.4 cm³/mol. The van der Waals surface area contributed by atoms with E-state index in [4.69, 9.17) is 4.74 Å². The number of nitrogens with one attached hydrogen (secondary N) is 1. The Labute approximate surface area is 111 Å². The summed E-state index contributed by atoms with van der Waals surface area (Å²) in [4.78, 5) is 11.7. The second-order valence-electron chi connectivity index (χ2n) is 6.72. The highest BCUT2D eigenvalue weighted by atomic mass is 16.5. The monoisotopic (exact) mass is 253 g/mol. The van der Waals surface area contributed by atoms with Gasteiger partial charge in [-0.05, 0) is 43.9 Å². The molecule has 0 atom stereocenters. The van der Waals surface area contributed by atoms with E-state index in [1.807, 2.05) is 0 Å². The molecule has 2 aliphatic rings. The molecule has 0 aromatic rings. The molecule has 2 fully saturated rings. The van der Waals surface area contributed by atoms with Crippen molar-refractivity contribution in [2.75, 3.05) is 6.54 Å². The molecule has 2 rings (SSSR count). The van der Waals surface area contributed by atoms with Gasteiger partial charge in [0.05, 0.1) is 6.54 Å². The van der Waals surface area contributed by atoms with Crippen LogP contribution in [0.25, 0.3) is 0 Å². The van der Waals surface area contributed by atoms with Gasteiger partial charge in [-0.25, -0.2) is 0 Å². The van der Waals surface area contributed by atoms with E-state index in [1.54, 1.807) is 0 Å². The lowest BCUT2D eigenvalue weighted by molar-refractivity contribution is -0.150. The molecule has 0 radical (unpaired) electrons. The fraction of sp³-hybridized carbons (Fsp3) is 0.933. The number of hydrogen-bond acceptors (Lipinski definition) is 3. The fourth-order valence-electron chi connectivity index (χ4n) is 3.08. The Morgan fingerprint density at radius 2 is 1.78 bits per heavy atom. The zero-order valence-electron chi connectivity index (χ0n) is 11.8. The van der Waals surface area contributed by atoms with Crippen molar-refractivity contribution in [3.8, 4) is 0 Å². The summed E-state index contributed by atoms with van der Waals surface area (Å²) in [5, 5.41) is 3.31. The van der Waals surface area contributed by atoms with Crippen LogP contribution >= 0.6 is 0 Å². The largest absolute Gasteiger partial charge is 0.461 e. The topological polar surface area (TPSA) is 38.3 Å². The molecular formula is C15H27NO2. The lowest BCUT2D eigenvalue weighted by Crippen LogP contribution is -2.35. The van der Waals surface area contributed by atoms with Gasteiger partial charge in [0.1, 0.15) is 6.10 Å². The van der Waals surface area contributed by atoms with Crippen LogP contribution < -0.4 is 5.32 Å². The molecule has 0 aromatic carbocycles. The van der Waals surface area contributed by atoms with Gasteiger partial charge in [0.25, 0.3) is 0 Å². The molecule has 1 N–H and O–H groups in total. The molecule has 3 nitrogen and oxygen atoms in total. The Morgan fingerprint density at radius 1 is 1.17 bits per heavy atom. The third-order valence-electron chi connectivity index (χ3n) is 4.47. The van der Waals surface area contributed by atoms with Crippen molar-refractivity contribution >= 4 is 5.97 Å². The van der Waals surface area contributed by atoms with Crippen molar-refractivity contribution in [2.45, 2.75) is 77.4 Å². The minimum Gasteiger partial charge on any atom is -0.461 e. The summed E-state index contributed by atoms with van der Waals surface area (Å²) < 4.78 is 5.54. The van der Waals surface area contributed by atoms with Crippen LogP contribution in [0.1, 0.15) is 65.2 Å². The number of carbonyl (C=O) groups is 1. The maximum absolute atomic E-state index is 11.7. The number of carbonyl (C=O) groups excluding carboxylic acids is 1. The molecule has 104 valence electrons. The first-order valence-electron chi connectivity index (χ1n) is 7.48. The summed E-state index contributed by atoms with van der Waals surface area (Å²) in [5.41, 5.74) is 0.436. The highest BCUT2D eigenvalue weighted by Gasteiger charge is 2.28. The number of rotatable bonds is 4. The Bertz CT molecular complexity index is 272. The van der Waals surface area contributed by atoms with Gasteiger partial charge in [0.15, 0.2) is 0 Å². The summed E-state index contributed by atoms with van der Waals surface area (Å²) in [6.45, 7) is 4.99. The van der Waals surface area contributed by atoms with E-state index in [1.165, 1.54) is 38.5 Å². The van der Waals surface area contributed by atoms with Crippen LogP contribution in [0.15, 0.2) is 0 Å². The van der Waals surface area contributed by atoms with Crippen molar-refractivity contribution in [3.63, 3.8) is 0 Å². The Balaban J connectivity index is 1.62. The SMILES string of the molecule is CC1(C)CCC(OC(=O)CNC2CCCC2)CC1. The van der Waals surface area contributed by atoms with Gasteiger partial charge in [-0.1, -0.05) is 26.7 Å². The molecule has 0 aliphatic heterocycles. The van der Waals surface area contributed by atoms with Gasteiger partial charge < -0.3 is 10.1 Å². The fourth-order valence-corrected chi connectivity index (χ4v) is 3.08. The van der Waals surface area contributed by atoms with Gasteiger partial charge in [0, 0.05) is 6.04 Å². The van der Waals surface area contributed by atoms with Gasteiger partial charge >= 0.3 is 5.97 Å². The zero-order chi connectivity index (χ0) is 13.0. The first-order valence-corrected chi connectivity index (χ1v) is 7.48. The molecule has 0 aromatic heterocycles. The van der Waals surface area contributed by atoms with Crippen molar-refractivity contribution in [3.05, 3.63) is 0 Å². The van der Waals surface area contributed by atoms with Gasteiger partial charge in [-0.3, -0.25) is 4.79 Å². The number of ether oxygens (including phenoxy) is 1. The van der Waals surface area contributed by atoms with Crippen LogP contribution in [0.3, 0.4) is 0 Å². The summed E-state index contributed by atoms with van der Waals surface area (Å²) >= 11 is 0. The second kappa shape index (κ2) is 6.05. The van der Waals surface area contributed by atoms with E-state index in [0.717, 1.165) is 12.8 Å². The lowest BCUT2D eigenvalue weighted by Gasteiger charge is -2.33.